The molecule has 16 amide bonds. The van der Waals surface area contributed by atoms with Gasteiger partial charge in [-0.1, -0.05) is 72.8 Å². The molecule has 2 aliphatic rings. The zero-order valence-corrected chi connectivity index (χ0v) is 62.9. The minimum Gasteiger partial charge on any atom is -0.497 e. The smallest absolute Gasteiger partial charge is 0.325 e. The standard InChI is InChI=1S/C75H97N17O21/c1-38-63(99)85-52(31-42-18-21-47(112-5)22-19-42)67(103)86-53(32-43-17-20-44-12-6-7-13-45(44)30-43)71(107)92-75(25-28-113-29-26-75)74(111)90-57(69(105)88-55(34-59(77)96)66(102)82-39(2)73(109)110)36-61(98)79-27-11-10-16-50(83-41(4)94)65(101)87-56(35-60(78)97)70(106)91-62(40(3)93)72(108)89-54(33-46-37-80-49-15-9-8-14-48(46)49)68(104)84-51(64(100)81-38)23-24-58(76)95/h6-9,12-15,17-22,30,37-40,50-57,62,80,93H,10-11,16,23-29,31-36H2,1-5H3,(H2,76,95)(H2,77,96)(H2,78,97)(H,79,98)(H,81,100)(H,82,102)(H,83,94)(H,84,104)(H,85,99)(H,86,103)(H,87,101)(H,88,105)(H,89,108)(H,90,111)(H,91,106)(H,92,107)(H,109,110)/t38-,39-,40?,50?,51-,52-,53-,54-,55-,56-,57+,62-/m0/s1. The Hall–Kier alpha value is -12.6. The number of fused-ring (bicyclic) bond motifs is 2. The first-order chi connectivity index (χ1) is 53.6. The van der Waals surface area contributed by atoms with Gasteiger partial charge in [0.05, 0.1) is 32.5 Å². The molecule has 2 aliphatic heterocycles. The molecular weight excluding hydrogens is 1470 g/mol. The van der Waals surface area contributed by atoms with E-state index in [9.17, 15) is 77.3 Å². The van der Waals surface area contributed by atoms with E-state index in [0.29, 0.717) is 33.3 Å². The molecule has 1 aromatic heterocycles. The zero-order valence-electron chi connectivity index (χ0n) is 62.9. The Kier molecular flexibility index (Phi) is 32.1. The molecule has 0 aliphatic carbocycles. The first-order valence-corrected chi connectivity index (χ1v) is 36.5. The number of hydrogen-bond donors (Lipinski definition) is 19. The van der Waals surface area contributed by atoms with Crippen molar-refractivity contribution < 1.29 is 101 Å². The molecule has 2 unspecified atom stereocenters. The number of aromatic amines is 1. The van der Waals surface area contributed by atoms with Crippen molar-refractivity contribution in [2.75, 3.05) is 26.9 Å². The summed E-state index contributed by atoms with van der Waals surface area (Å²) in [5.74, 6) is -18.5. The number of H-pyrrole nitrogens is 1. The number of aliphatic carboxylic acids is 1. The van der Waals surface area contributed by atoms with Crippen molar-refractivity contribution in [1.29, 1.82) is 0 Å². The van der Waals surface area contributed by atoms with Crippen LogP contribution in [0.15, 0.2) is 97.2 Å². The van der Waals surface area contributed by atoms with Crippen LogP contribution in [0.3, 0.4) is 0 Å². The molecule has 1 spiro atoms. The van der Waals surface area contributed by atoms with Gasteiger partial charge in [-0.15, -0.1) is 0 Å². The summed E-state index contributed by atoms with van der Waals surface area (Å²) < 4.78 is 11.0. The average Bonchev–Trinajstić information content (AvgIpc) is 1.61. The Balaban J connectivity index is 1.31. The lowest BCUT2D eigenvalue weighted by Gasteiger charge is -2.38. The number of hydrogen-bond acceptors (Lipinski definition) is 20. The third-order valence-corrected chi connectivity index (χ3v) is 18.9. The van der Waals surface area contributed by atoms with E-state index >= 15 is 14.4 Å². The van der Waals surface area contributed by atoms with Gasteiger partial charge in [-0.25, -0.2) is 0 Å². The van der Waals surface area contributed by atoms with Gasteiger partial charge in [0.15, 0.2) is 0 Å². The number of amides is 16. The number of aromatic nitrogens is 1. The van der Waals surface area contributed by atoms with Gasteiger partial charge in [-0.3, -0.25) is 81.5 Å². The molecule has 4 aromatic carbocycles. The van der Waals surface area contributed by atoms with Gasteiger partial charge in [0.25, 0.3) is 0 Å². The third kappa shape index (κ3) is 26.3. The van der Waals surface area contributed by atoms with Crippen LogP contribution in [0.2, 0.25) is 0 Å². The molecule has 38 heteroatoms. The van der Waals surface area contributed by atoms with Gasteiger partial charge in [0.2, 0.25) is 94.5 Å². The van der Waals surface area contributed by atoms with Crippen molar-refractivity contribution >= 4 is 122 Å². The van der Waals surface area contributed by atoms with Crippen molar-refractivity contribution in [3.63, 3.8) is 0 Å². The van der Waals surface area contributed by atoms with Crippen molar-refractivity contribution in [1.82, 2.24) is 74.1 Å². The normalized spacial score (nSPS) is 22.8. The van der Waals surface area contributed by atoms with E-state index in [1.54, 1.807) is 84.9 Å². The second kappa shape index (κ2) is 41.4. The minimum atomic E-state index is -2.07. The zero-order chi connectivity index (χ0) is 82.8. The molecular formula is C75H97N17O21. The summed E-state index contributed by atoms with van der Waals surface area (Å²) >= 11 is 0. The van der Waals surface area contributed by atoms with Crippen molar-refractivity contribution in [2.24, 2.45) is 17.2 Å². The number of methoxy groups -OCH3 is 1. The number of carbonyl (C=O) groups is 17. The highest BCUT2D eigenvalue weighted by Gasteiger charge is 2.46. The van der Waals surface area contributed by atoms with Crippen molar-refractivity contribution in [2.45, 2.75) is 189 Å². The van der Waals surface area contributed by atoms with Crippen LogP contribution >= 0.6 is 0 Å². The lowest BCUT2D eigenvalue weighted by molar-refractivity contribution is -0.143. The van der Waals surface area contributed by atoms with E-state index < -0.39 is 211 Å². The third-order valence-electron chi connectivity index (χ3n) is 18.9. The minimum absolute atomic E-state index is 0.00233. The van der Waals surface area contributed by atoms with Gasteiger partial charge in [-0.2, -0.15) is 0 Å². The number of carboxylic acids is 1. The van der Waals surface area contributed by atoms with E-state index in [-0.39, 0.29) is 71.1 Å². The van der Waals surface area contributed by atoms with Gasteiger partial charge in [-0.05, 0) is 92.1 Å². The predicted octanol–water partition coefficient (Wildman–Crippen LogP) is -4.41. The first kappa shape index (κ1) is 87.6. The lowest BCUT2D eigenvalue weighted by atomic mass is 9.87. The lowest BCUT2D eigenvalue weighted by Crippen LogP contribution is -2.67. The Bertz CT molecular complexity index is 4350. The monoisotopic (exact) mass is 1570 g/mol. The molecule has 3 heterocycles. The van der Waals surface area contributed by atoms with Crippen molar-refractivity contribution in [3.05, 3.63) is 114 Å². The Morgan fingerprint density at radius 2 is 1.22 bits per heavy atom. The van der Waals surface area contributed by atoms with Crippen LogP contribution in [-0.4, -0.2) is 221 Å². The summed E-state index contributed by atoms with van der Waals surface area (Å²) in [4.78, 5) is 240. The summed E-state index contributed by atoms with van der Waals surface area (Å²) in [5.41, 5.74) is 16.4. The topological polar surface area (TPSA) is 599 Å². The van der Waals surface area contributed by atoms with E-state index in [0.717, 1.165) is 31.5 Å². The maximum Gasteiger partial charge on any atom is 0.325 e. The van der Waals surface area contributed by atoms with E-state index in [1.807, 2.05) is 6.07 Å². The van der Waals surface area contributed by atoms with Crippen LogP contribution in [0.25, 0.3) is 21.7 Å². The number of nitrogens with two attached hydrogens (primary N) is 3. The predicted molar refractivity (Wildman–Crippen MR) is 402 cm³/mol. The summed E-state index contributed by atoms with van der Waals surface area (Å²) in [7, 11) is 1.42. The summed E-state index contributed by atoms with van der Waals surface area (Å²) in [6, 6.07) is 6.34. The van der Waals surface area contributed by atoms with Crippen LogP contribution in [0.4, 0.5) is 0 Å². The quantitative estimate of drug-likeness (QED) is 0.0330. The Labute approximate surface area is 647 Å². The van der Waals surface area contributed by atoms with E-state index in [1.165, 1.54) is 20.2 Å². The molecule has 113 heavy (non-hydrogen) atoms. The molecule has 608 valence electrons. The summed E-state index contributed by atoms with van der Waals surface area (Å²) in [5, 5.41) is 55.1. The number of rotatable bonds is 21. The Morgan fingerprint density at radius 1 is 0.628 bits per heavy atom. The fourth-order valence-corrected chi connectivity index (χ4v) is 12.6. The highest BCUT2D eigenvalue weighted by molar-refractivity contribution is 6.03. The maximum atomic E-state index is 15.5. The molecule has 12 atom stereocenters. The number of aliphatic hydroxyl groups excluding tert-OH is 1. The van der Waals surface area contributed by atoms with Gasteiger partial charge >= 0.3 is 5.97 Å². The van der Waals surface area contributed by atoms with E-state index in [4.69, 9.17) is 26.7 Å². The number of carboxylic acid groups (broad SMARTS) is 1. The molecule has 5 aromatic rings. The molecule has 22 N–H and O–H groups in total. The van der Waals surface area contributed by atoms with Gasteiger partial charge < -0.3 is 111 Å². The van der Waals surface area contributed by atoms with Crippen LogP contribution in [0.5, 0.6) is 5.75 Å². The Morgan fingerprint density at radius 3 is 1.87 bits per heavy atom. The van der Waals surface area contributed by atoms with Crippen LogP contribution in [0.1, 0.15) is 109 Å². The molecule has 0 saturated carbocycles. The maximum absolute atomic E-state index is 15.5. The summed E-state index contributed by atoms with van der Waals surface area (Å²) in [6.45, 7) is 3.79. The molecule has 0 bridgehead atoms. The van der Waals surface area contributed by atoms with Crippen LogP contribution in [-0.2, 0) is 106 Å². The molecule has 0 radical (unpaired) electrons. The average molecular weight is 1570 g/mol. The van der Waals surface area contributed by atoms with Gasteiger partial charge in [0, 0.05) is 82.3 Å². The highest BCUT2D eigenvalue weighted by Crippen LogP contribution is 2.25. The van der Waals surface area contributed by atoms with Crippen LogP contribution < -0.4 is 91.1 Å². The SMILES string of the molecule is COc1ccc(C[C@@H]2NC(=O)[C@H](C)NC(=O)[C@H](CCC(N)=O)NC(=O)[C@H](Cc3c[nH]c4ccccc34)NC(=O)[C@H](C(C)O)NC(=O)[C@H](CC(N)=O)NC(=O)C(NC(C)=O)CCCCNC(=O)C[C@H](C(=O)N[C@@H](CC(N)=O)C(=O)N[C@@H](C)C(=O)O)NC(=O)C3(CCOCC3)NC(=O)[C@H](Cc3ccc4ccccc4c3)NC2=O)cc1. The highest BCUT2D eigenvalue weighted by atomic mass is 16.5. The van der Waals surface area contributed by atoms with Crippen molar-refractivity contribution in [3.8, 4) is 5.75 Å². The molecule has 2 saturated heterocycles. The first-order valence-electron chi connectivity index (χ1n) is 36.5. The number of primary amides is 3. The number of nitrogens with one attached hydrogen (secondary N) is 14. The number of benzene rings is 4. The molecule has 7 rings (SSSR count). The number of aliphatic hydroxyl groups is 1. The number of para-hydroxylation sites is 1. The van der Waals surface area contributed by atoms with E-state index in [2.05, 4.69) is 74.1 Å². The summed E-state index contributed by atoms with van der Waals surface area (Å²) in [6.07, 6.45) is -6.00. The fourth-order valence-electron chi connectivity index (χ4n) is 12.6. The van der Waals surface area contributed by atoms with Crippen LogP contribution in [0, 0.1) is 0 Å². The molecule has 2 fully saturated rings. The second-order valence-electron chi connectivity index (χ2n) is 27.8. The largest absolute Gasteiger partial charge is 0.497 e. The fraction of sp³-hybridized carbons (Fsp3) is 0.453. The molecule has 38 nitrogen and oxygen atoms in total. The second-order valence-corrected chi connectivity index (χ2v) is 27.8. The van der Waals surface area contributed by atoms with Gasteiger partial charge in [0.1, 0.15) is 77.7 Å². The number of carbonyl (C=O) groups excluding carboxylic acids is 16. The number of ether oxygens (including phenoxy) is 2.